The van der Waals surface area contributed by atoms with Crippen LogP contribution in [0.2, 0.25) is 0 Å². The van der Waals surface area contributed by atoms with Gasteiger partial charge in [-0.2, -0.15) is 5.10 Å². The number of anilines is 1. The number of nitrogens with zero attached hydrogens (tertiary/aromatic N) is 2. The van der Waals surface area contributed by atoms with Gasteiger partial charge in [-0.1, -0.05) is 35.9 Å². The van der Waals surface area contributed by atoms with E-state index < -0.39 is 0 Å². The van der Waals surface area contributed by atoms with Crippen molar-refractivity contribution in [2.24, 2.45) is 0 Å². The second-order valence-corrected chi connectivity index (χ2v) is 6.93. The first-order chi connectivity index (χ1) is 13.9. The summed E-state index contributed by atoms with van der Waals surface area (Å²) < 4.78 is 1.73. The van der Waals surface area contributed by atoms with Crippen LogP contribution >= 0.6 is 0 Å². The molecule has 0 unspecified atom stereocenters. The molecule has 2 N–H and O–H groups in total. The number of aromatic nitrogens is 2. The fourth-order valence-electron chi connectivity index (χ4n) is 3.10. The fourth-order valence-corrected chi connectivity index (χ4v) is 3.10. The lowest BCUT2D eigenvalue weighted by Crippen LogP contribution is -2.32. The lowest BCUT2D eigenvalue weighted by molar-refractivity contribution is -0.121. The Labute approximate surface area is 170 Å². The van der Waals surface area contributed by atoms with Gasteiger partial charge >= 0.3 is 0 Å². The third-order valence-corrected chi connectivity index (χ3v) is 4.42. The molecular weight excluding hydrogens is 364 g/mol. The molecule has 2 aromatic carbocycles. The molecular formula is C23H24N4O2. The van der Waals surface area contributed by atoms with Crippen LogP contribution in [0.15, 0.2) is 60.9 Å². The van der Waals surface area contributed by atoms with E-state index >= 15 is 0 Å². The van der Waals surface area contributed by atoms with E-state index in [9.17, 15) is 9.59 Å². The van der Waals surface area contributed by atoms with E-state index in [0.29, 0.717) is 0 Å². The first kappa shape index (κ1) is 20.1. The Balaban J connectivity index is 1.52. The highest BCUT2D eigenvalue weighted by atomic mass is 16.2. The van der Waals surface area contributed by atoms with Gasteiger partial charge in [0.25, 0.3) is 0 Å². The number of carbonyl (C=O) groups is 2. The van der Waals surface area contributed by atoms with Crippen molar-refractivity contribution in [1.29, 1.82) is 0 Å². The van der Waals surface area contributed by atoms with Crippen LogP contribution in [0.25, 0.3) is 11.8 Å². The number of amides is 2. The van der Waals surface area contributed by atoms with Crippen molar-refractivity contribution in [3.05, 3.63) is 83.2 Å². The fraction of sp³-hybridized carbons (Fsp3) is 0.174. The van der Waals surface area contributed by atoms with Crippen LogP contribution in [0.4, 0.5) is 5.69 Å². The largest absolute Gasteiger partial charge is 0.343 e. The number of hydrogen-bond acceptors (Lipinski definition) is 3. The van der Waals surface area contributed by atoms with Crippen molar-refractivity contribution in [2.75, 3.05) is 11.9 Å². The lowest BCUT2D eigenvalue weighted by atomic mass is 10.1. The van der Waals surface area contributed by atoms with Gasteiger partial charge in [-0.25, -0.2) is 4.68 Å². The number of carbonyl (C=O) groups excluding carboxylic acids is 2. The minimum Gasteiger partial charge on any atom is -0.343 e. The van der Waals surface area contributed by atoms with E-state index in [1.165, 1.54) is 6.08 Å². The molecule has 0 bridgehead atoms. The summed E-state index contributed by atoms with van der Waals surface area (Å²) >= 11 is 0. The van der Waals surface area contributed by atoms with Gasteiger partial charge < -0.3 is 10.6 Å². The van der Waals surface area contributed by atoms with Crippen molar-refractivity contribution in [2.45, 2.75) is 20.8 Å². The summed E-state index contributed by atoms with van der Waals surface area (Å²) in [6, 6.07) is 13.7. The first-order valence-corrected chi connectivity index (χ1v) is 9.36. The van der Waals surface area contributed by atoms with Gasteiger partial charge in [0.15, 0.2) is 0 Å². The molecule has 2 amide bonds. The van der Waals surface area contributed by atoms with Crippen molar-refractivity contribution in [3.63, 3.8) is 0 Å². The molecule has 0 atom stereocenters. The van der Waals surface area contributed by atoms with Gasteiger partial charge in [0.1, 0.15) is 0 Å². The lowest BCUT2D eigenvalue weighted by Gasteiger charge is -2.13. The number of benzene rings is 2. The summed E-state index contributed by atoms with van der Waals surface area (Å²) in [5.74, 6) is -0.608. The van der Waals surface area contributed by atoms with Crippen LogP contribution in [-0.2, 0) is 9.59 Å². The third kappa shape index (κ3) is 5.42. The molecule has 0 fully saturated rings. The minimum atomic E-state index is -0.343. The quantitative estimate of drug-likeness (QED) is 0.634. The molecule has 6 heteroatoms. The molecule has 3 rings (SSSR count). The first-order valence-electron chi connectivity index (χ1n) is 9.36. The predicted octanol–water partition coefficient (Wildman–Crippen LogP) is 3.57. The predicted molar refractivity (Wildman–Crippen MR) is 115 cm³/mol. The number of nitrogens with one attached hydrogen (secondary N) is 2. The number of rotatable bonds is 6. The molecule has 3 aromatic rings. The van der Waals surface area contributed by atoms with Crippen molar-refractivity contribution in [3.8, 4) is 5.69 Å². The smallest absolute Gasteiger partial charge is 0.244 e. The molecule has 148 valence electrons. The van der Waals surface area contributed by atoms with Gasteiger partial charge in [0, 0.05) is 23.5 Å². The van der Waals surface area contributed by atoms with Gasteiger partial charge in [0.2, 0.25) is 11.8 Å². The van der Waals surface area contributed by atoms with Crippen LogP contribution in [-0.4, -0.2) is 28.1 Å². The van der Waals surface area contributed by atoms with Crippen molar-refractivity contribution < 1.29 is 9.59 Å². The van der Waals surface area contributed by atoms with Crippen LogP contribution in [0, 0.1) is 20.8 Å². The highest BCUT2D eigenvalue weighted by molar-refractivity contribution is 5.98. The third-order valence-electron chi connectivity index (χ3n) is 4.42. The number of para-hydroxylation sites is 1. The van der Waals surface area contributed by atoms with Crippen LogP contribution in [0.1, 0.15) is 22.3 Å². The zero-order valence-corrected chi connectivity index (χ0v) is 16.8. The van der Waals surface area contributed by atoms with E-state index in [0.717, 1.165) is 33.6 Å². The molecule has 0 saturated heterocycles. The van der Waals surface area contributed by atoms with Crippen molar-refractivity contribution >= 4 is 23.6 Å². The normalized spacial score (nSPS) is 10.9. The molecule has 0 saturated carbocycles. The van der Waals surface area contributed by atoms with Gasteiger partial charge in [-0.15, -0.1) is 0 Å². The maximum absolute atomic E-state index is 12.2. The Bertz CT molecular complexity index is 1030. The molecule has 0 aliphatic carbocycles. The number of aryl methyl sites for hydroxylation is 3. The van der Waals surface area contributed by atoms with E-state index in [1.54, 1.807) is 17.0 Å². The molecule has 0 aliphatic heterocycles. The van der Waals surface area contributed by atoms with Crippen LogP contribution in [0.5, 0.6) is 0 Å². The zero-order chi connectivity index (χ0) is 20.8. The molecule has 6 nitrogen and oxygen atoms in total. The minimum absolute atomic E-state index is 0.0980. The summed E-state index contributed by atoms with van der Waals surface area (Å²) in [5, 5.41) is 9.74. The highest BCUT2D eigenvalue weighted by Gasteiger charge is 2.09. The van der Waals surface area contributed by atoms with Crippen LogP contribution in [0.3, 0.4) is 0 Å². The second kappa shape index (κ2) is 9.01. The van der Waals surface area contributed by atoms with E-state index in [1.807, 2.05) is 69.4 Å². The van der Waals surface area contributed by atoms with E-state index in [2.05, 4.69) is 15.7 Å². The average Bonchev–Trinajstić information content (AvgIpc) is 3.17. The topological polar surface area (TPSA) is 76.0 Å². The van der Waals surface area contributed by atoms with Crippen LogP contribution < -0.4 is 10.6 Å². The monoisotopic (exact) mass is 388 g/mol. The molecule has 29 heavy (non-hydrogen) atoms. The summed E-state index contributed by atoms with van der Waals surface area (Å²) in [5.41, 5.74) is 5.66. The highest BCUT2D eigenvalue weighted by Crippen LogP contribution is 2.21. The Kier molecular flexibility index (Phi) is 6.24. The molecule has 0 aliphatic rings. The Morgan fingerprint density at radius 1 is 1.07 bits per heavy atom. The summed E-state index contributed by atoms with van der Waals surface area (Å²) in [6.45, 7) is 5.82. The Hall–Kier alpha value is -3.67. The summed E-state index contributed by atoms with van der Waals surface area (Å²) in [4.78, 5) is 24.2. The molecule has 1 heterocycles. The summed E-state index contributed by atoms with van der Waals surface area (Å²) in [7, 11) is 0. The van der Waals surface area contributed by atoms with Gasteiger partial charge in [-0.3, -0.25) is 9.59 Å². The molecule has 0 spiro atoms. The molecule has 0 radical (unpaired) electrons. The Morgan fingerprint density at radius 3 is 2.45 bits per heavy atom. The molecule has 1 aromatic heterocycles. The second-order valence-electron chi connectivity index (χ2n) is 6.93. The van der Waals surface area contributed by atoms with Crippen molar-refractivity contribution in [1.82, 2.24) is 15.1 Å². The number of hydrogen-bond donors (Lipinski definition) is 2. The van der Waals surface area contributed by atoms with E-state index in [4.69, 9.17) is 0 Å². The van der Waals surface area contributed by atoms with Gasteiger partial charge in [0.05, 0.1) is 18.4 Å². The maximum atomic E-state index is 12.2. The van der Waals surface area contributed by atoms with Gasteiger partial charge in [-0.05, 0) is 50.1 Å². The zero-order valence-electron chi connectivity index (χ0n) is 16.8. The maximum Gasteiger partial charge on any atom is 0.244 e. The Morgan fingerprint density at radius 2 is 1.76 bits per heavy atom. The SMILES string of the molecule is Cc1cc(C)c(NC(=O)CNC(=O)/C=C/c2cnn(-c3ccccc3)c2)c(C)c1. The van der Waals surface area contributed by atoms with E-state index in [-0.39, 0.29) is 18.4 Å². The average molecular weight is 388 g/mol. The standard InChI is InChI=1S/C23H24N4O2/c1-16-11-17(2)23(18(3)12-16)26-22(29)14-24-21(28)10-9-19-13-25-27(15-19)20-7-5-4-6-8-20/h4-13,15H,14H2,1-3H3,(H,24,28)(H,26,29)/b10-9+. The summed E-state index contributed by atoms with van der Waals surface area (Å²) in [6.07, 6.45) is 6.55.